The largest absolute Gasteiger partial charge is 0.480 e. The molecule has 0 aliphatic carbocycles. The maximum Gasteiger partial charge on any atom is 0.326 e. The maximum absolute atomic E-state index is 11.9. The number of carbonyl (C=O) groups excluding carboxylic acids is 1. The minimum Gasteiger partial charge on any atom is -0.480 e. The molecule has 2 N–H and O–H groups in total. The zero-order valence-electron chi connectivity index (χ0n) is 14.7. The minimum absolute atomic E-state index is 0.182. The number of carboxylic acid groups (broad SMARTS) is 1. The van der Waals surface area contributed by atoms with E-state index in [0.29, 0.717) is 36.0 Å². The summed E-state index contributed by atoms with van der Waals surface area (Å²) in [6, 6.07) is 6.22. The van der Waals surface area contributed by atoms with Crippen LogP contribution >= 0.6 is 11.6 Å². The lowest BCUT2D eigenvalue weighted by Gasteiger charge is -2.16. The summed E-state index contributed by atoms with van der Waals surface area (Å²) in [5.41, 5.74) is 0.792. The van der Waals surface area contributed by atoms with Crippen molar-refractivity contribution in [2.24, 2.45) is 5.92 Å². The average molecular weight is 380 g/mol. The number of aliphatic carboxylic acids is 1. The van der Waals surface area contributed by atoms with Crippen molar-refractivity contribution in [1.82, 2.24) is 15.5 Å². The van der Waals surface area contributed by atoms with Gasteiger partial charge < -0.3 is 14.9 Å². The van der Waals surface area contributed by atoms with E-state index < -0.39 is 12.0 Å². The number of hydrogen-bond donors (Lipinski definition) is 2. The summed E-state index contributed by atoms with van der Waals surface area (Å²) in [6.07, 6.45) is 1.52. The van der Waals surface area contributed by atoms with Crippen LogP contribution in [0.3, 0.4) is 0 Å². The Kier molecular flexibility index (Phi) is 7.15. The Morgan fingerprint density at radius 3 is 2.58 bits per heavy atom. The van der Waals surface area contributed by atoms with Gasteiger partial charge in [-0.25, -0.2) is 4.79 Å². The molecule has 7 nitrogen and oxygen atoms in total. The molecule has 1 aromatic carbocycles. The van der Waals surface area contributed by atoms with Crippen LogP contribution in [0, 0.1) is 5.92 Å². The van der Waals surface area contributed by atoms with Gasteiger partial charge in [0, 0.05) is 23.4 Å². The van der Waals surface area contributed by atoms with Crippen molar-refractivity contribution in [3.8, 4) is 11.4 Å². The molecule has 8 heteroatoms. The van der Waals surface area contributed by atoms with Gasteiger partial charge in [-0.15, -0.1) is 0 Å². The first-order chi connectivity index (χ1) is 12.3. The number of carboxylic acids is 1. The fraction of sp³-hybridized carbons (Fsp3) is 0.444. The van der Waals surface area contributed by atoms with Gasteiger partial charge in [0.25, 0.3) is 0 Å². The van der Waals surface area contributed by atoms with Crippen molar-refractivity contribution in [1.29, 1.82) is 0 Å². The number of aryl methyl sites for hydroxylation is 1. The topological polar surface area (TPSA) is 105 Å². The summed E-state index contributed by atoms with van der Waals surface area (Å²) in [7, 11) is 0. The molecule has 140 valence electrons. The van der Waals surface area contributed by atoms with Crippen LogP contribution in [0.5, 0.6) is 0 Å². The number of rotatable bonds is 9. The maximum atomic E-state index is 11.9. The predicted octanol–water partition coefficient (Wildman–Crippen LogP) is 3.33. The zero-order valence-corrected chi connectivity index (χ0v) is 15.5. The quantitative estimate of drug-likeness (QED) is 0.692. The van der Waals surface area contributed by atoms with Gasteiger partial charge in [0.1, 0.15) is 6.04 Å². The fourth-order valence-corrected chi connectivity index (χ4v) is 2.56. The highest BCUT2D eigenvalue weighted by molar-refractivity contribution is 6.30. The number of aromatic nitrogens is 2. The van der Waals surface area contributed by atoms with Crippen LogP contribution in [0.25, 0.3) is 11.4 Å². The SMILES string of the molecule is CC(C)C[C@H](NC(=O)CCCc1nc(-c2ccc(Cl)cc2)no1)C(=O)O. The van der Waals surface area contributed by atoms with Crippen LogP contribution in [0.15, 0.2) is 28.8 Å². The number of halogens is 1. The third kappa shape index (κ3) is 6.15. The van der Waals surface area contributed by atoms with Crippen molar-refractivity contribution >= 4 is 23.5 Å². The minimum atomic E-state index is -1.02. The van der Waals surface area contributed by atoms with Crippen molar-refractivity contribution in [3.63, 3.8) is 0 Å². The summed E-state index contributed by atoms with van der Waals surface area (Å²) in [5.74, 6) is -0.239. The van der Waals surface area contributed by atoms with Gasteiger partial charge in [0.2, 0.25) is 17.6 Å². The van der Waals surface area contributed by atoms with E-state index in [9.17, 15) is 9.59 Å². The van der Waals surface area contributed by atoms with Gasteiger partial charge in [0.05, 0.1) is 0 Å². The zero-order chi connectivity index (χ0) is 19.1. The molecule has 0 fully saturated rings. The summed E-state index contributed by atoms with van der Waals surface area (Å²) < 4.78 is 5.18. The molecule has 0 saturated carbocycles. The van der Waals surface area contributed by atoms with Crippen LogP contribution in [0.1, 0.15) is 39.0 Å². The Balaban J connectivity index is 1.81. The molecule has 1 aromatic heterocycles. The summed E-state index contributed by atoms with van der Waals surface area (Å²) in [4.78, 5) is 27.4. The van der Waals surface area contributed by atoms with Gasteiger partial charge in [-0.2, -0.15) is 4.98 Å². The Morgan fingerprint density at radius 2 is 1.96 bits per heavy atom. The lowest BCUT2D eigenvalue weighted by Crippen LogP contribution is -2.41. The molecule has 0 saturated heterocycles. The lowest BCUT2D eigenvalue weighted by atomic mass is 10.0. The van der Waals surface area contributed by atoms with E-state index in [1.54, 1.807) is 24.3 Å². The highest BCUT2D eigenvalue weighted by atomic mass is 35.5. The summed E-state index contributed by atoms with van der Waals surface area (Å²) >= 11 is 5.85. The lowest BCUT2D eigenvalue weighted by molar-refractivity contribution is -0.142. The Hall–Kier alpha value is -2.41. The molecular weight excluding hydrogens is 358 g/mol. The first-order valence-corrected chi connectivity index (χ1v) is 8.83. The third-order valence-corrected chi connectivity index (χ3v) is 3.96. The van der Waals surface area contributed by atoms with Gasteiger partial charge >= 0.3 is 5.97 Å². The van der Waals surface area contributed by atoms with Gasteiger partial charge in [0.15, 0.2) is 0 Å². The van der Waals surface area contributed by atoms with Crippen molar-refractivity contribution in [3.05, 3.63) is 35.2 Å². The molecule has 0 radical (unpaired) electrons. The van der Waals surface area contributed by atoms with Crippen molar-refractivity contribution in [2.45, 2.75) is 45.6 Å². The Labute approximate surface area is 156 Å². The van der Waals surface area contributed by atoms with E-state index in [4.69, 9.17) is 21.2 Å². The molecule has 0 bridgehead atoms. The smallest absolute Gasteiger partial charge is 0.326 e. The Bertz CT molecular complexity index is 743. The van der Waals surface area contributed by atoms with Crippen LogP contribution in [-0.2, 0) is 16.0 Å². The molecule has 0 aliphatic heterocycles. The average Bonchev–Trinajstić information content (AvgIpc) is 3.03. The second kappa shape index (κ2) is 9.33. The van der Waals surface area contributed by atoms with E-state index in [2.05, 4.69) is 15.5 Å². The molecule has 26 heavy (non-hydrogen) atoms. The number of carbonyl (C=O) groups is 2. The van der Waals surface area contributed by atoms with E-state index >= 15 is 0 Å². The molecule has 0 spiro atoms. The Morgan fingerprint density at radius 1 is 1.27 bits per heavy atom. The molecule has 1 heterocycles. The van der Waals surface area contributed by atoms with E-state index in [1.165, 1.54) is 0 Å². The highest BCUT2D eigenvalue weighted by Crippen LogP contribution is 2.19. The summed E-state index contributed by atoms with van der Waals surface area (Å²) in [5, 5.41) is 16.2. The normalized spacial score (nSPS) is 12.2. The first-order valence-electron chi connectivity index (χ1n) is 8.46. The van der Waals surface area contributed by atoms with E-state index in [1.807, 2.05) is 13.8 Å². The van der Waals surface area contributed by atoms with Crippen molar-refractivity contribution < 1.29 is 19.2 Å². The number of amides is 1. The standard InChI is InChI=1S/C18H22ClN3O4/c1-11(2)10-14(18(24)25)20-15(23)4-3-5-16-21-17(22-26-16)12-6-8-13(19)9-7-12/h6-9,11,14H,3-5,10H2,1-2H3,(H,20,23)(H,24,25)/t14-/m0/s1. The number of nitrogens with one attached hydrogen (secondary N) is 1. The number of hydrogen-bond acceptors (Lipinski definition) is 5. The highest BCUT2D eigenvalue weighted by Gasteiger charge is 2.20. The fourth-order valence-electron chi connectivity index (χ4n) is 2.43. The first kappa shape index (κ1) is 19.9. The molecule has 2 rings (SSSR count). The van der Waals surface area contributed by atoms with Gasteiger partial charge in [-0.05, 0) is 43.0 Å². The third-order valence-electron chi connectivity index (χ3n) is 3.71. The molecule has 0 aliphatic rings. The molecule has 1 atom stereocenters. The van der Waals surface area contributed by atoms with Gasteiger partial charge in [-0.3, -0.25) is 4.79 Å². The second-order valence-corrected chi connectivity index (χ2v) is 6.90. The van der Waals surface area contributed by atoms with Crippen molar-refractivity contribution in [2.75, 3.05) is 0 Å². The van der Waals surface area contributed by atoms with E-state index in [0.717, 1.165) is 5.56 Å². The molecule has 1 amide bonds. The van der Waals surface area contributed by atoms with E-state index in [-0.39, 0.29) is 18.2 Å². The van der Waals surface area contributed by atoms with Crippen LogP contribution in [0.4, 0.5) is 0 Å². The van der Waals surface area contributed by atoms with Gasteiger partial charge in [-0.1, -0.05) is 30.6 Å². The van der Waals surface area contributed by atoms with Crippen LogP contribution < -0.4 is 5.32 Å². The van der Waals surface area contributed by atoms with Crippen LogP contribution in [-0.4, -0.2) is 33.2 Å². The predicted molar refractivity (Wildman–Crippen MR) is 96.7 cm³/mol. The molecular formula is C18H22ClN3O4. The van der Waals surface area contributed by atoms with Crippen LogP contribution in [0.2, 0.25) is 5.02 Å². The molecule has 0 unspecified atom stereocenters. The second-order valence-electron chi connectivity index (χ2n) is 6.46. The number of nitrogens with zero attached hydrogens (tertiary/aromatic N) is 2. The monoisotopic (exact) mass is 379 g/mol. The number of benzene rings is 1. The summed E-state index contributed by atoms with van der Waals surface area (Å²) in [6.45, 7) is 3.83. The molecule has 2 aromatic rings.